The Balaban J connectivity index is 1.95. The molecule has 1 fully saturated rings. The number of rotatable bonds is 3. The molecule has 0 amide bonds. The largest absolute Gasteiger partial charge is 0.393 e. The molecule has 1 nitrogen and oxygen atoms in total. The normalized spacial score (nSPS) is 32.4. The van der Waals surface area contributed by atoms with Gasteiger partial charge in [-0.3, -0.25) is 0 Å². The van der Waals surface area contributed by atoms with Crippen LogP contribution in [0, 0.1) is 11.8 Å². The van der Waals surface area contributed by atoms with Crippen molar-refractivity contribution in [1.82, 2.24) is 0 Å². The summed E-state index contributed by atoms with van der Waals surface area (Å²) in [7, 11) is 0. The summed E-state index contributed by atoms with van der Waals surface area (Å²) in [5.74, 6) is 2.34. The molecule has 0 heterocycles. The Labute approximate surface area is 63.4 Å². The third-order valence-corrected chi connectivity index (χ3v) is 2.26. The van der Waals surface area contributed by atoms with Crippen LogP contribution in [-0.4, -0.2) is 11.2 Å². The van der Waals surface area contributed by atoms with Crippen molar-refractivity contribution in [3.8, 4) is 0 Å². The Morgan fingerprint density at radius 1 is 1.40 bits per heavy atom. The fourth-order valence-electron chi connectivity index (χ4n) is 1.43. The summed E-state index contributed by atoms with van der Waals surface area (Å²) in [6, 6.07) is 0. The minimum Gasteiger partial charge on any atom is -0.393 e. The first-order valence-electron chi connectivity index (χ1n) is 4.15. The highest BCUT2D eigenvalue weighted by Gasteiger charge is 2.26. The quantitative estimate of drug-likeness (QED) is 0.638. The van der Waals surface area contributed by atoms with E-state index in [0.717, 1.165) is 18.8 Å². The molecule has 0 unspecified atom stereocenters. The molecular formula is C9H17O. The van der Waals surface area contributed by atoms with Crippen LogP contribution in [0.25, 0.3) is 0 Å². The van der Waals surface area contributed by atoms with Crippen molar-refractivity contribution in [3.05, 3.63) is 5.92 Å². The number of aliphatic hydroxyl groups is 1. The van der Waals surface area contributed by atoms with E-state index >= 15 is 0 Å². The van der Waals surface area contributed by atoms with Gasteiger partial charge in [0.1, 0.15) is 0 Å². The second-order valence-corrected chi connectivity index (χ2v) is 3.74. The standard InChI is InChI=1S/C9H17O/c1-7(2)3-4-8-5-9(10)6-8/h8-10H,3-6H2,1-2H3. The van der Waals surface area contributed by atoms with Gasteiger partial charge in [0, 0.05) is 0 Å². The van der Waals surface area contributed by atoms with Crippen LogP contribution >= 0.6 is 0 Å². The second kappa shape index (κ2) is 3.38. The Kier molecular flexibility index (Phi) is 2.72. The molecule has 1 rings (SSSR count). The maximum Gasteiger partial charge on any atom is 0.0545 e. The van der Waals surface area contributed by atoms with Crippen LogP contribution in [0.5, 0.6) is 0 Å². The molecule has 0 atom stereocenters. The average Bonchev–Trinajstić information content (AvgIpc) is 1.77. The molecule has 0 spiro atoms. The number of hydrogen-bond acceptors (Lipinski definition) is 1. The van der Waals surface area contributed by atoms with Gasteiger partial charge in [-0.2, -0.15) is 0 Å². The van der Waals surface area contributed by atoms with Gasteiger partial charge >= 0.3 is 0 Å². The molecule has 10 heavy (non-hydrogen) atoms. The Hall–Kier alpha value is -0.0400. The maximum atomic E-state index is 8.98. The predicted molar refractivity (Wildman–Crippen MR) is 42.6 cm³/mol. The fourth-order valence-corrected chi connectivity index (χ4v) is 1.43. The van der Waals surface area contributed by atoms with E-state index in [1.165, 1.54) is 18.8 Å². The van der Waals surface area contributed by atoms with Crippen molar-refractivity contribution in [1.29, 1.82) is 0 Å². The average molecular weight is 141 g/mol. The summed E-state index contributed by atoms with van der Waals surface area (Å²) in [4.78, 5) is 0. The van der Waals surface area contributed by atoms with Gasteiger partial charge in [-0.15, -0.1) is 0 Å². The van der Waals surface area contributed by atoms with Crippen molar-refractivity contribution < 1.29 is 5.11 Å². The monoisotopic (exact) mass is 141 g/mol. The maximum absolute atomic E-state index is 8.98. The van der Waals surface area contributed by atoms with Gasteiger partial charge in [-0.25, -0.2) is 0 Å². The van der Waals surface area contributed by atoms with Crippen LogP contribution in [0.2, 0.25) is 0 Å². The summed E-state index contributed by atoms with van der Waals surface area (Å²) in [5, 5.41) is 8.98. The lowest BCUT2D eigenvalue weighted by Crippen LogP contribution is -2.28. The van der Waals surface area contributed by atoms with Crippen molar-refractivity contribution in [2.75, 3.05) is 0 Å². The van der Waals surface area contributed by atoms with Crippen LogP contribution in [0.15, 0.2) is 0 Å². The molecule has 1 N–H and O–H groups in total. The van der Waals surface area contributed by atoms with Crippen LogP contribution in [0.3, 0.4) is 0 Å². The Morgan fingerprint density at radius 2 is 2.00 bits per heavy atom. The summed E-state index contributed by atoms with van der Waals surface area (Å²) >= 11 is 0. The third kappa shape index (κ3) is 2.30. The first kappa shape index (κ1) is 8.06. The smallest absolute Gasteiger partial charge is 0.0545 e. The predicted octanol–water partition coefficient (Wildman–Crippen LogP) is 2.15. The lowest BCUT2D eigenvalue weighted by Gasteiger charge is -2.31. The molecule has 0 saturated heterocycles. The molecule has 1 aliphatic rings. The molecular weight excluding hydrogens is 124 g/mol. The number of hydrogen-bond donors (Lipinski definition) is 1. The van der Waals surface area contributed by atoms with E-state index in [2.05, 4.69) is 13.8 Å². The SMILES string of the molecule is C[C](C)CCC1CC(O)C1. The lowest BCUT2D eigenvalue weighted by molar-refractivity contribution is 0.0388. The first-order chi connectivity index (χ1) is 4.68. The van der Waals surface area contributed by atoms with Gasteiger partial charge in [-0.05, 0) is 37.5 Å². The van der Waals surface area contributed by atoms with E-state index in [4.69, 9.17) is 5.11 Å². The van der Waals surface area contributed by atoms with E-state index < -0.39 is 0 Å². The van der Waals surface area contributed by atoms with Crippen molar-refractivity contribution >= 4 is 0 Å². The molecule has 0 aromatic rings. The van der Waals surface area contributed by atoms with Crippen LogP contribution in [-0.2, 0) is 0 Å². The topological polar surface area (TPSA) is 20.2 Å². The second-order valence-electron chi connectivity index (χ2n) is 3.74. The van der Waals surface area contributed by atoms with Gasteiger partial charge in [0.2, 0.25) is 0 Å². The summed E-state index contributed by atoms with van der Waals surface area (Å²) < 4.78 is 0. The van der Waals surface area contributed by atoms with Crippen molar-refractivity contribution in [2.45, 2.75) is 45.6 Å². The van der Waals surface area contributed by atoms with Gasteiger partial charge < -0.3 is 5.11 Å². The highest BCUT2D eigenvalue weighted by Crippen LogP contribution is 2.32. The van der Waals surface area contributed by atoms with E-state index in [-0.39, 0.29) is 6.10 Å². The van der Waals surface area contributed by atoms with E-state index in [1.807, 2.05) is 0 Å². The zero-order chi connectivity index (χ0) is 7.56. The molecule has 1 heteroatoms. The van der Waals surface area contributed by atoms with Crippen molar-refractivity contribution in [2.24, 2.45) is 5.92 Å². The van der Waals surface area contributed by atoms with Crippen LogP contribution < -0.4 is 0 Å². The molecule has 0 aliphatic heterocycles. The van der Waals surface area contributed by atoms with Crippen LogP contribution in [0.1, 0.15) is 39.5 Å². The highest BCUT2D eigenvalue weighted by molar-refractivity contribution is 4.83. The molecule has 1 radical (unpaired) electrons. The van der Waals surface area contributed by atoms with Gasteiger partial charge in [0.15, 0.2) is 0 Å². The lowest BCUT2D eigenvalue weighted by atomic mass is 9.78. The van der Waals surface area contributed by atoms with E-state index in [0.29, 0.717) is 0 Å². The third-order valence-electron chi connectivity index (χ3n) is 2.26. The molecule has 0 aromatic carbocycles. The fraction of sp³-hybridized carbons (Fsp3) is 0.889. The Morgan fingerprint density at radius 3 is 2.40 bits per heavy atom. The molecule has 1 saturated carbocycles. The molecule has 0 bridgehead atoms. The minimum atomic E-state index is 0.0298. The number of aliphatic hydroxyl groups excluding tert-OH is 1. The van der Waals surface area contributed by atoms with Gasteiger partial charge in [0.25, 0.3) is 0 Å². The van der Waals surface area contributed by atoms with Crippen molar-refractivity contribution in [3.63, 3.8) is 0 Å². The molecule has 0 aromatic heterocycles. The zero-order valence-corrected chi connectivity index (χ0v) is 6.93. The van der Waals surface area contributed by atoms with Gasteiger partial charge in [0.05, 0.1) is 6.10 Å². The van der Waals surface area contributed by atoms with Gasteiger partial charge in [-0.1, -0.05) is 13.8 Å². The summed E-state index contributed by atoms with van der Waals surface area (Å²) in [6.45, 7) is 4.35. The Bertz CT molecular complexity index is 92.9. The summed E-state index contributed by atoms with van der Waals surface area (Å²) in [6.07, 6.45) is 4.67. The van der Waals surface area contributed by atoms with E-state index in [9.17, 15) is 0 Å². The highest BCUT2D eigenvalue weighted by atomic mass is 16.3. The van der Waals surface area contributed by atoms with E-state index in [1.54, 1.807) is 0 Å². The zero-order valence-electron chi connectivity index (χ0n) is 6.93. The first-order valence-corrected chi connectivity index (χ1v) is 4.15. The summed E-state index contributed by atoms with van der Waals surface area (Å²) in [5.41, 5.74) is 0. The minimum absolute atomic E-state index is 0.0298. The van der Waals surface area contributed by atoms with Crippen LogP contribution in [0.4, 0.5) is 0 Å². The molecule has 1 aliphatic carbocycles. The molecule has 59 valence electrons.